The summed E-state index contributed by atoms with van der Waals surface area (Å²) in [5.74, 6) is 0.241. The van der Waals surface area contributed by atoms with Crippen LogP contribution < -0.4 is 14.4 Å². The highest BCUT2D eigenvalue weighted by molar-refractivity contribution is 7.98. The molecule has 3 rings (SSSR count). The Kier molecular flexibility index (Phi) is 7.82. The number of carbonyl (C=O) groups is 1. The number of anilines is 1. The lowest BCUT2D eigenvalue weighted by molar-refractivity contribution is -0.123. The Morgan fingerprint density at radius 1 is 1.00 bits per heavy atom. The lowest BCUT2D eigenvalue weighted by Gasteiger charge is -2.20. The molecule has 0 fully saturated rings. The van der Waals surface area contributed by atoms with Crippen LogP contribution in [0.4, 0.5) is 5.69 Å². The van der Waals surface area contributed by atoms with Crippen molar-refractivity contribution in [2.24, 2.45) is 0 Å². The number of nitrogens with zero attached hydrogens (tertiary/aromatic N) is 1. The van der Waals surface area contributed by atoms with E-state index in [1.807, 2.05) is 37.4 Å². The van der Waals surface area contributed by atoms with Crippen LogP contribution in [0.2, 0.25) is 0 Å². The second-order valence-electron chi connectivity index (χ2n) is 7.13. The van der Waals surface area contributed by atoms with Gasteiger partial charge < -0.3 is 10.1 Å². The first-order chi connectivity index (χ1) is 15.3. The molecule has 6 nitrogen and oxygen atoms in total. The summed E-state index contributed by atoms with van der Waals surface area (Å²) in [7, 11) is -2.15. The minimum absolute atomic E-state index is 0.134. The number of hydrogen-bond acceptors (Lipinski definition) is 5. The van der Waals surface area contributed by atoms with E-state index >= 15 is 0 Å². The van der Waals surface area contributed by atoms with E-state index < -0.39 is 10.0 Å². The Bertz CT molecular complexity index is 1130. The van der Waals surface area contributed by atoms with Gasteiger partial charge in [0.2, 0.25) is 0 Å². The Morgan fingerprint density at radius 3 is 2.22 bits per heavy atom. The molecule has 8 heteroatoms. The second kappa shape index (κ2) is 10.6. The Hall–Kier alpha value is -2.97. The quantitative estimate of drug-likeness (QED) is 0.467. The van der Waals surface area contributed by atoms with Gasteiger partial charge in [0.15, 0.2) is 6.61 Å². The first kappa shape index (κ1) is 23.7. The maximum atomic E-state index is 12.7. The molecule has 0 heterocycles. The number of nitrogens with one attached hydrogen (secondary N) is 1. The molecular weight excluding hydrogens is 444 g/mol. The summed E-state index contributed by atoms with van der Waals surface area (Å²) in [4.78, 5) is 13.6. The van der Waals surface area contributed by atoms with Crippen molar-refractivity contribution in [3.63, 3.8) is 0 Å². The molecule has 168 valence electrons. The van der Waals surface area contributed by atoms with Crippen molar-refractivity contribution in [2.45, 2.75) is 22.8 Å². The van der Waals surface area contributed by atoms with Crippen LogP contribution in [0, 0.1) is 0 Å². The molecule has 0 saturated carbocycles. The number of thioether (sulfide) groups is 1. The van der Waals surface area contributed by atoms with Crippen LogP contribution in [0.5, 0.6) is 5.75 Å². The lowest BCUT2D eigenvalue weighted by atomic mass is 10.1. The van der Waals surface area contributed by atoms with E-state index in [9.17, 15) is 13.2 Å². The molecular formula is C24H26N2O4S2. The predicted molar refractivity (Wildman–Crippen MR) is 129 cm³/mol. The third-order valence-corrected chi connectivity index (χ3v) is 7.51. The van der Waals surface area contributed by atoms with Crippen molar-refractivity contribution in [3.05, 3.63) is 84.4 Å². The Morgan fingerprint density at radius 2 is 1.62 bits per heavy atom. The van der Waals surface area contributed by atoms with Gasteiger partial charge in [-0.25, -0.2) is 8.42 Å². The lowest BCUT2D eigenvalue weighted by Crippen LogP contribution is -2.31. The maximum absolute atomic E-state index is 12.7. The number of amides is 1. The highest BCUT2D eigenvalue weighted by Gasteiger charge is 2.20. The van der Waals surface area contributed by atoms with E-state index in [0.29, 0.717) is 11.4 Å². The first-order valence-corrected chi connectivity index (χ1v) is 12.7. The minimum Gasteiger partial charge on any atom is -0.484 e. The van der Waals surface area contributed by atoms with E-state index in [2.05, 4.69) is 5.32 Å². The summed E-state index contributed by atoms with van der Waals surface area (Å²) in [5, 5.41) is 2.91. The molecule has 3 aromatic rings. The molecule has 0 saturated heterocycles. The van der Waals surface area contributed by atoms with Crippen LogP contribution >= 0.6 is 11.8 Å². The van der Waals surface area contributed by atoms with Crippen LogP contribution in [0.3, 0.4) is 0 Å². The topological polar surface area (TPSA) is 75.7 Å². The SMILES string of the molecule is CSc1ccc([C@H](C)NC(=O)COc2ccc(N(C)S(=O)(=O)c3ccccc3)cc2)cc1. The minimum atomic E-state index is -3.65. The van der Waals surface area contributed by atoms with Crippen molar-refractivity contribution < 1.29 is 17.9 Å². The molecule has 32 heavy (non-hydrogen) atoms. The molecule has 1 N–H and O–H groups in total. The standard InChI is InChI=1S/C24H26N2O4S2/c1-18(19-9-15-22(31-3)16-10-19)25-24(27)17-30-21-13-11-20(12-14-21)26(2)32(28,29)23-7-5-4-6-8-23/h4-16,18H,17H2,1-3H3,(H,25,27)/t18-/m0/s1. The van der Waals surface area contributed by atoms with Gasteiger partial charge in [0.1, 0.15) is 5.75 Å². The third-order valence-electron chi connectivity index (χ3n) is 4.97. The van der Waals surface area contributed by atoms with Crippen molar-refractivity contribution in [1.29, 1.82) is 0 Å². The monoisotopic (exact) mass is 470 g/mol. The molecule has 0 radical (unpaired) electrons. The average Bonchev–Trinajstić information content (AvgIpc) is 2.83. The third kappa shape index (κ3) is 5.83. The summed E-state index contributed by atoms with van der Waals surface area (Å²) in [6.07, 6.45) is 2.02. The van der Waals surface area contributed by atoms with Gasteiger partial charge in [-0.2, -0.15) is 0 Å². The van der Waals surface area contributed by atoms with Crippen LogP contribution in [0.15, 0.2) is 88.7 Å². The smallest absolute Gasteiger partial charge is 0.264 e. The van der Waals surface area contributed by atoms with Crippen molar-refractivity contribution in [3.8, 4) is 5.75 Å². The molecule has 0 aliphatic carbocycles. The summed E-state index contributed by atoms with van der Waals surface area (Å²) in [5.41, 5.74) is 1.51. The highest BCUT2D eigenvalue weighted by atomic mass is 32.2. The van der Waals surface area contributed by atoms with E-state index in [1.54, 1.807) is 66.4 Å². The number of sulfonamides is 1. The predicted octanol–water partition coefficient (Wildman–Crippen LogP) is 4.49. The molecule has 0 spiro atoms. The fourth-order valence-corrected chi connectivity index (χ4v) is 4.67. The summed E-state index contributed by atoms with van der Waals surface area (Å²) in [6, 6.07) is 22.7. The van der Waals surface area contributed by atoms with Crippen LogP contribution in [-0.2, 0) is 14.8 Å². The number of benzene rings is 3. The van der Waals surface area contributed by atoms with Crippen LogP contribution in [-0.4, -0.2) is 34.2 Å². The molecule has 0 unspecified atom stereocenters. The molecule has 3 aromatic carbocycles. The highest BCUT2D eigenvalue weighted by Crippen LogP contribution is 2.24. The number of ether oxygens (including phenoxy) is 1. The number of carbonyl (C=O) groups excluding carboxylic acids is 1. The molecule has 0 aromatic heterocycles. The van der Waals surface area contributed by atoms with E-state index in [0.717, 1.165) is 5.56 Å². The summed E-state index contributed by atoms with van der Waals surface area (Å²) >= 11 is 1.67. The summed E-state index contributed by atoms with van der Waals surface area (Å²) < 4.78 is 32.2. The van der Waals surface area contributed by atoms with E-state index in [1.165, 1.54) is 16.2 Å². The zero-order valence-corrected chi connectivity index (χ0v) is 19.8. The van der Waals surface area contributed by atoms with Crippen molar-refractivity contribution in [1.82, 2.24) is 5.32 Å². The Labute approximate surface area is 193 Å². The zero-order chi connectivity index (χ0) is 23.1. The molecule has 1 amide bonds. The second-order valence-corrected chi connectivity index (χ2v) is 9.98. The number of rotatable bonds is 9. The zero-order valence-electron chi connectivity index (χ0n) is 18.2. The van der Waals surface area contributed by atoms with Crippen LogP contribution in [0.25, 0.3) is 0 Å². The molecule has 0 bridgehead atoms. The average molecular weight is 471 g/mol. The van der Waals surface area contributed by atoms with Gasteiger partial charge in [-0.15, -0.1) is 11.8 Å². The van der Waals surface area contributed by atoms with Crippen molar-refractivity contribution >= 4 is 33.4 Å². The summed E-state index contributed by atoms with van der Waals surface area (Å²) in [6.45, 7) is 1.79. The van der Waals surface area contributed by atoms with Gasteiger partial charge >= 0.3 is 0 Å². The van der Waals surface area contributed by atoms with Gasteiger partial charge in [0.05, 0.1) is 16.6 Å². The normalized spacial score (nSPS) is 12.1. The molecule has 1 atom stereocenters. The molecule has 0 aliphatic rings. The van der Waals surface area contributed by atoms with Gasteiger partial charge in [0.25, 0.3) is 15.9 Å². The van der Waals surface area contributed by atoms with Crippen molar-refractivity contribution in [2.75, 3.05) is 24.2 Å². The fourth-order valence-electron chi connectivity index (χ4n) is 3.05. The van der Waals surface area contributed by atoms with Gasteiger partial charge in [-0.3, -0.25) is 9.10 Å². The van der Waals surface area contributed by atoms with Gasteiger partial charge in [-0.05, 0) is 67.3 Å². The molecule has 0 aliphatic heterocycles. The maximum Gasteiger partial charge on any atom is 0.264 e. The van der Waals surface area contributed by atoms with E-state index in [-0.39, 0.29) is 23.5 Å². The van der Waals surface area contributed by atoms with Crippen LogP contribution in [0.1, 0.15) is 18.5 Å². The first-order valence-electron chi connectivity index (χ1n) is 10.0. The largest absolute Gasteiger partial charge is 0.484 e. The number of hydrogen-bond donors (Lipinski definition) is 1. The van der Waals surface area contributed by atoms with E-state index in [4.69, 9.17) is 4.74 Å². The fraction of sp³-hybridized carbons (Fsp3) is 0.208. The van der Waals surface area contributed by atoms with Gasteiger partial charge in [-0.1, -0.05) is 30.3 Å². The van der Waals surface area contributed by atoms with Gasteiger partial charge in [0, 0.05) is 11.9 Å². The Balaban J connectivity index is 1.55.